The van der Waals surface area contributed by atoms with Gasteiger partial charge in [-0.15, -0.1) is 0 Å². The number of rotatable bonds is 5. The molecule has 0 saturated heterocycles. The fourth-order valence-electron chi connectivity index (χ4n) is 2.60. The quantitative estimate of drug-likeness (QED) is 0.575. The van der Waals surface area contributed by atoms with Gasteiger partial charge in [0.1, 0.15) is 17.5 Å². The molecule has 2 aromatic heterocycles. The van der Waals surface area contributed by atoms with Gasteiger partial charge in [-0.05, 0) is 30.7 Å². The number of anilines is 4. The summed E-state index contributed by atoms with van der Waals surface area (Å²) in [6, 6.07) is 10.8. The minimum absolute atomic E-state index is 0.190. The minimum atomic E-state index is 0.190. The topological polar surface area (TPSA) is 127 Å². The Hall–Kier alpha value is -3.08. The van der Waals surface area contributed by atoms with E-state index >= 15 is 0 Å². The van der Waals surface area contributed by atoms with E-state index in [1.54, 1.807) is 30.3 Å². The number of nitrogens with one attached hydrogen (secondary N) is 1. The lowest BCUT2D eigenvalue weighted by Gasteiger charge is -2.13. The Bertz CT molecular complexity index is 1060. The molecule has 0 aliphatic heterocycles. The van der Waals surface area contributed by atoms with E-state index in [0.717, 1.165) is 11.1 Å². The highest BCUT2D eigenvalue weighted by molar-refractivity contribution is 6.36. The van der Waals surface area contributed by atoms with Gasteiger partial charge < -0.3 is 16.8 Å². The molecule has 142 valence electrons. The maximum Gasteiger partial charge on any atom is 0.230 e. The summed E-state index contributed by atoms with van der Waals surface area (Å²) in [6.45, 7) is 1.84. The van der Waals surface area contributed by atoms with Crippen molar-refractivity contribution in [3.05, 3.63) is 62.8 Å². The molecule has 2 heterocycles. The van der Waals surface area contributed by atoms with Crippen molar-refractivity contribution in [2.45, 2.75) is 19.8 Å². The van der Waals surface area contributed by atoms with Crippen molar-refractivity contribution in [1.82, 2.24) is 15.0 Å². The van der Waals surface area contributed by atoms with Gasteiger partial charge in [-0.1, -0.05) is 35.3 Å². The first-order valence-corrected chi connectivity index (χ1v) is 9.10. The number of pyridine rings is 1. The van der Waals surface area contributed by atoms with Crippen molar-refractivity contribution < 1.29 is 0 Å². The molecule has 0 saturated carbocycles. The Labute approximate surface area is 172 Å². The van der Waals surface area contributed by atoms with Crippen LogP contribution in [0.1, 0.15) is 22.4 Å². The fraction of sp³-hybridized carbons (Fsp3) is 0.158. The van der Waals surface area contributed by atoms with Gasteiger partial charge in [-0.25, -0.2) is 9.97 Å². The molecule has 0 aliphatic carbocycles. The number of benzene rings is 1. The van der Waals surface area contributed by atoms with E-state index in [9.17, 15) is 0 Å². The number of halogens is 2. The monoisotopic (exact) mass is 413 g/mol. The Morgan fingerprint density at radius 3 is 2.39 bits per heavy atom. The second-order valence-corrected chi connectivity index (χ2v) is 6.90. The van der Waals surface area contributed by atoms with Crippen molar-refractivity contribution in [1.29, 1.82) is 5.26 Å². The SMILES string of the molecule is Cc1c(N)nc(Nc2ccc(CC#N)c(N)n2)nc1Cc1c(Cl)cccc1Cl. The van der Waals surface area contributed by atoms with Crippen molar-refractivity contribution in [3.8, 4) is 6.07 Å². The molecule has 0 spiro atoms. The normalized spacial score (nSPS) is 10.5. The van der Waals surface area contributed by atoms with Gasteiger partial charge >= 0.3 is 0 Å². The zero-order valence-electron chi connectivity index (χ0n) is 15.0. The van der Waals surface area contributed by atoms with Crippen LogP contribution in [0.25, 0.3) is 0 Å². The largest absolute Gasteiger partial charge is 0.383 e. The number of nitrogens with two attached hydrogens (primary N) is 2. The molecule has 28 heavy (non-hydrogen) atoms. The number of hydrogen-bond acceptors (Lipinski definition) is 7. The molecule has 7 nitrogen and oxygen atoms in total. The van der Waals surface area contributed by atoms with Gasteiger partial charge in [0.2, 0.25) is 5.95 Å². The molecule has 0 bridgehead atoms. The average Bonchev–Trinajstić information content (AvgIpc) is 2.64. The van der Waals surface area contributed by atoms with Crippen LogP contribution in [0.3, 0.4) is 0 Å². The minimum Gasteiger partial charge on any atom is -0.383 e. The first kappa shape index (κ1) is 19.7. The van der Waals surface area contributed by atoms with E-state index in [4.69, 9.17) is 39.9 Å². The molecule has 0 amide bonds. The zero-order valence-corrected chi connectivity index (χ0v) is 16.5. The van der Waals surface area contributed by atoms with Gasteiger partial charge in [-0.3, -0.25) is 0 Å². The summed E-state index contributed by atoms with van der Waals surface area (Å²) >= 11 is 12.6. The number of nitrogen functional groups attached to an aromatic ring is 2. The van der Waals surface area contributed by atoms with Crippen LogP contribution in [0.2, 0.25) is 10.0 Å². The molecule has 3 rings (SSSR count). The summed E-state index contributed by atoms with van der Waals surface area (Å²) in [5, 5.41) is 12.9. The van der Waals surface area contributed by atoms with Crippen LogP contribution in [0.15, 0.2) is 30.3 Å². The number of nitriles is 1. The lowest BCUT2D eigenvalue weighted by molar-refractivity contribution is 1.00. The Balaban J connectivity index is 1.92. The second kappa shape index (κ2) is 8.30. The van der Waals surface area contributed by atoms with Crippen LogP contribution >= 0.6 is 23.2 Å². The number of nitrogens with zero attached hydrogens (tertiary/aromatic N) is 4. The predicted molar refractivity (Wildman–Crippen MR) is 112 cm³/mol. The van der Waals surface area contributed by atoms with E-state index in [0.29, 0.717) is 39.4 Å². The van der Waals surface area contributed by atoms with Crippen molar-refractivity contribution >= 4 is 46.6 Å². The molecular weight excluding hydrogens is 397 g/mol. The highest BCUT2D eigenvalue weighted by Gasteiger charge is 2.14. The first-order chi connectivity index (χ1) is 13.4. The van der Waals surface area contributed by atoms with E-state index in [2.05, 4.69) is 20.3 Å². The smallest absolute Gasteiger partial charge is 0.230 e. The molecule has 1 aromatic carbocycles. The van der Waals surface area contributed by atoms with Gasteiger partial charge in [-0.2, -0.15) is 10.2 Å². The third-order valence-electron chi connectivity index (χ3n) is 4.21. The standard InChI is InChI=1S/C19H17Cl2N7/c1-10-15(9-12-13(20)3-2-4-14(12)21)25-19(28-17(10)23)27-16-6-5-11(7-8-22)18(24)26-16/h2-6H,7,9H2,1H3,(H5,23,24,25,26,27,28). The summed E-state index contributed by atoms with van der Waals surface area (Å²) in [7, 11) is 0. The third kappa shape index (κ3) is 4.25. The summed E-state index contributed by atoms with van der Waals surface area (Å²) in [6.07, 6.45) is 0.595. The van der Waals surface area contributed by atoms with Crippen LogP contribution < -0.4 is 16.8 Å². The Morgan fingerprint density at radius 2 is 1.75 bits per heavy atom. The van der Waals surface area contributed by atoms with Crippen molar-refractivity contribution in [3.63, 3.8) is 0 Å². The number of aromatic nitrogens is 3. The van der Waals surface area contributed by atoms with Gasteiger partial charge in [0.25, 0.3) is 0 Å². The molecule has 9 heteroatoms. The third-order valence-corrected chi connectivity index (χ3v) is 4.92. The van der Waals surface area contributed by atoms with E-state index in [-0.39, 0.29) is 18.2 Å². The maximum atomic E-state index is 8.79. The Morgan fingerprint density at radius 1 is 1.04 bits per heavy atom. The van der Waals surface area contributed by atoms with E-state index < -0.39 is 0 Å². The summed E-state index contributed by atoms with van der Waals surface area (Å²) in [5.74, 6) is 1.34. The highest BCUT2D eigenvalue weighted by Crippen LogP contribution is 2.28. The van der Waals surface area contributed by atoms with Crippen molar-refractivity contribution in [2.75, 3.05) is 16.8 Å². The van der Waals surface area contributed by atoms with Gasteiger partial charge in [0, 0.05) is 27.6 Å². The van der Waals surface area contributed by atoms with Crippen LogP contribution in [-0.2, 0) is 12.8 Å². The lowest BCUT2D eigenvalue weighted by atomic mass is 10.1. The van der Waals surface area contributed by atoms with Crippen molar-refractivity contribution in [2.24, 2.45) is 0 Å². The van der Waals surface area contributed by atoms with E-state index in [1.807, 2.05) is 13.0 Å². The molecular formula is C19H17Cl2N7. The molecule has 0 aliphatic rings. The zero-order chi connectivity index (χ0) is 20.3. The summed E-state index contributed by atoms with van der Waals surface area (Å²) in [5.41, 5.74) is 14.8. The van der Waals surface area contributed by atoms with Gasteiger partial charge in [0.05, 0.1) is 18.2 Å². The molecule has 0 unspecified atom stereocenters. The molecule has 5 N–H and O–H groups in total. The van der Waals surface area contributed by atoms with Crippen LogP contribution in [0.5, 0.6) is 0 Å². The fourth-order valence-corrected chi connectivity index (χ4v) is 3.13. The summed E-state index contributed by atoms with van der Waals surface area (Å²) in [4.78, 5) is 13.0. The number of hydrogen-bond donors (Lipinski definition) is 3. The average molecular weight is 414 g/mol. The molecule has 0 radical (unpaired) electrons. The summed E-state index contributed by atoms with van der Waals surface area (Å²) < 4.78 is 0. The molecule has 0 atom stereocenters. The highest BCUT2D eigenvalue weighted by atomic mass is 35.5. The van der Waals surface area contributed by atoms with E-state index in [1.165, 1.54) is 0 Å². The second-order valence-electron chi connectivity index (χ2n) is 6.08. The molecule has 0 fully saturated rings. The van der Waals surface area contributed by atoms with Gasteiger partial charge in [0.15, 0.2) is 0 Å². The molecule has 3 aromatic rings. The Kier molecular flexibility index (Phi) is 5.83. The maximum absolute atomic E-state index is 8.79. The van der Waals surface area contributed by atoms with Crippen LogP contribution in [-0.4, -0.2) is 15.0 Å². The van der Waals surface area contributed by atoms with Crippen LogP contribution in [0, 0.1) is 18.3 Å². The lowest BCUT2D eigenvalue weighted by Crippen LogP contribution is -2.09. The predicted octanol–water partition coefficient (Wildman–Crippen LogP) is 4.05. The first-order valence-electron chi connectivity index (χ1n) is 8.34. The van der Waals surface area contributed by atoms with Crippen LogP contribution in [0.4, 0.5) is 23.4 Å².